The maximum atomic E-state index is 12.6. The number of aliphatic hydroxyl groups is 1. The summed E-state index contributed by atoms with van der Waals surface area (Å²) in [7, 11) is 0. The number of aliphatic hydroxyl groups excluding tert-OH is 1. The van der Waals surface area contributed by atoms with Crippen LogP contribution in [0, 0.1) is 10.1 Å². The van der Waals surface area contributed by atoms with Gasteiger partial charge in [0.05, 0.1) is 0 Å². The predicted molar refractivity (Wildman–Crippen MR) is 54.8 cm³/mol. The molecule has 1 aromatic rings. The van der Waals surface area contributed by atoms with Crippen LogP contribution in [0.5, 0.6) is 5.75 Å². The van der Waals surface area contributed by atoms with E-state index in [0.29, 0.717) is 0 Å². The number of ether oxygens (including phenoxy) is 1. The number of rotatable bonds is 6. The summed E-state index contributed by atoms with van der Waals surface area (Å²) in [5.74, 6) is -0.377. The van der Waals surface area contributed by atoms with Gasteiger partial charge in [-0.3, -0.25) is 10.1 Å². The highest BCUT2D eigenvalue weighted by atomic mass is 19.3. The zero-order chi connectivity index (χ0) is 13.8. The monoisotopic (exact) mass is 265 g/mol. The van der Waals surface area contributed by atoms with Gasteiger partial charge in [-0.05, 0) is 17.7 Å². The van der Waals surface area contributed by atoms with Crippen LogP contribution in [-0.2, 0) is 0 Å². The van der Waals surface area contributed by atoms with Crippen LogP contribution >= 0.6 is 0 Å². The van der Waals surface area contributed by atoms with Crippen molar-refractivity contribution < 1.29 is 27.9 Å². The number of halogens is 3. The van der Waals surface area contributed by atoms with E-state index in [1.165, 1.54) is 12.1 Å². The molecule has 1 N–H and O–H groups in total. The Labute approximate surface area is 99.9 Å². The summed E-state index contributed by atoms with van der Waals surface area (Å²) in [6.45, 7) is -2.75. The molecule has 0 spiro atoms. The summed E-state index contributed by atoms with van der Waals surface area (Å²) in [5, 5.41) is 19.6. The number of hydrogen-bond donors (Lipinski definition) is 1. The molecule has 5 nitrogen and oxygen atoms in total. The van der Waals surface area contributed by atoms with Crippen molar-refractivity contribution in [2.45, 2.75) is 12.2 Å². The predicted octanol–water partition coefficient (Wildman–Crippen LogP) is 1.94. The van der Waals surface area contributed by atoms with E-state index in [9.17, 15) is 28.4 Å². The molecule has 0 radical (unpaired) electrons. The van der Waals surface area contributed by atoms with Crippen molar-refractivity contribution in [1.82, 2.24) is 0 Å². The molecule has 1 rings (SSSR count). The maximum Gasteiger partial charge on any atom is 0.427 e. The van der Waals surface area contributed by atoms with E-state index in [1.54, 1.807) is 0 Å². The van der Waals surface area contributed by atoms with Crippen LogP contribution in [0.4, 0.5) is 13.2 Å². The lowest BCUT2D eigenvalue weighted by Gasteiger charge is -2.15. The van der Waals surface area contributed by atoms with Gasteiger partial charge in [0.15, 0.2) is 6.67 Å². The van der Waals surface area contributed by atoms with E-state index < -0.39 is 30.4 Å². The number of alkyl halides is 3. The molecule has 0 aliphatic carbocycles. The van der Waals surface area contributed by atoms with Gasteiger partial charge in [0.1, 0.15) is 11.9 Å². The second-order valence-electron chi connectivity index (χ2n) is 3.48. The third-order valence-electron chi connectivity index (χ3n) is 1.99. The van der Waals surface area contributed by atoms with Crippen LogP contribution in [0.1, 0.15) is 11.7 Å². The number of nitrogens with zero attached hydrogens (tertiary/aromatic N) is 1. The van der Waals surface area contributed by atoms with Crippen LogP contribution < -0.4 is 4.74 Å². The summed E-state index contributed by atoms with van der Waals surface area (Å²) in [5.41, 5.74) is 0.0406. The molecule has 1 unspecified atom stereocenters. The van der Waals surface area contributed by atoms with Crippen LogP contribution in [0.25, 0.3) is 0 Å². The number of benzene rings is 1. The topological polar surface area (TPSA) is 72.6 Å². The molecule has 0 saturated carbocycles. The summed E-state index contributed by atoms with van der Waals surface area (Å²) in [4.78, 5) is 9.45. The normalized spacial score (nSPS) is 13.1. The Morgan fingerprint density at radius 3 is 2.72 bits per heavy atom. The van der Waals surface area contributed by atoms with Gasteiger partial charge >= 0.3 is 6.11 Å². The minimum atomic E-state index is -3.97. The molecule has 0 heterocycles. The van der Waals surface area contributed by atoms with Crippen molar-refractivity contribution in [1.29, 1.82) is 0 Å². The minimum absolute atomic E-state index is 0.0406. The second kappa shape index (κ2) is 5.67. The summed E-state index contributed by atoms with van der Waals surface area (Å²) in [6, 6.07) is 4.71. The fourth-order valence-corrected chi connectivity index (χ4v) is 1.23. The fourth-order valence-electron chi connectivity index (χ4n) is 1.23. The summed E-state index contributed by atoms with van der Waals surface area (Å²) in [6.07, 6.45) is -5.41. The van der Waals surface area contributed by atoms with Gasteiger partial charge in [0.2, 0.25) is 6.54 Å². The minimum Gasteiger partial charge on any atom is -0.431 e. The molecular weight excluding hydrogens is 255 g/mol. The lowest BCUT2D eigenvalue weighted by atomic mass is 10.1. The lowest BCUT2D eigenvalue weighted by molar-refractivity contribution is -0.491. The Morgan fingerprint density at radius 2 is 2.17 bits per heavy atom. The van der Waals surface area contributed by atoms with E-state index in [2.05, 4.69) is 4.74 Å². The molecule has 0 aliphatic rings. The first-order valence-corrected chi connectivity index (χ1v) is 4.86. The molecule has 100 valence electrons. The van der Waals surface area contributed by atoms with Gasteiger partial charge < -0.3 is 9.84 Å². The van der Waals surface area contributed by atoms with Crippen LogP contribution in [0.15, 0.2) is 24.3 Å². The van der Waals surface area contributed by atoms with Crippen molar-refractivity contribution in [2.24, 2.45) is 0 Å². The Hall–Kier alpha value is -1.83. The Morgan fingerprint density at radius 1 is 1.50 bits per heavy atom. The van der Waals surface area contributed by atoms with E-state index >= 15 is 0 Å². The molecule has 0 fully saturated rings. The number of hydrogen-bond acceptors (Lipinski definition) is 4. The van der Waals surface area contributed by atoms with Crippen molar-refractivity contribution in [3.05, 3.63) is 39.9 Å². The first-order chi connectivity index (χ1) is 8.34. The average Bonchev–Trinajstić information content (AvgIpc) is 2.28. The van der Waals surface area contributed by atoms with E-state index in [1.807, 2.05) is 0 Å². The Balaban J connectivity index is 2.82. The molecule has 0 aliphatic heterocycles. The molecule has 18 heavy (non-hydrogen) atoms. The average molecular weight is 265 g/mol. The van der Waals surface area contributed by atoms with E-state index in [-0.39, 0.29) is 11.3 Å². The Bertz CT molecular complexity index is 427. The Kier molecular flexibility index (Phi) is 4.49. The lowest BCUT2D eigenvalue weighted by Crippen LogP contribution is -2.27. The van der Waals surface area contributed by atoms with Crippen molar-refractivity contribution in [3.8, 4) is 5.75 Å². The largest absolute Gasteiger partial charge is 0.431 e. The van der Waals surface area contributed by atoms with Gasteiger partial charge in [-0.2, -0.15) is 8.78 Å². The van der Waals surface area contributed by atoms with Gasteiger partial charge in [-0.25, -0.2) is 4.39 Å². The van der Waals surface area contributed by atoms with Gasteiger partial charge in [0.25, 0.3) is 0 Å². The van der Waals surface area contributed by atoms with Crippen LogP contribution in [0.2, 0.25) is 0 Å². The molecule has 0 aromatic heterocycles. The molecule has 0 bridgehead atoms. The zero-order valence-electron chi connectivity index (χ0n) is 9.05. The second-order valence-corrected chi connectivity index (χ2v) is 3.48. The van der Waals surface area contributed by atoms with Crippen molar-refractivity contribution >= 4 is 0 Å². The van der Waals surface area contributed by atoms with Crippen LogP contribution in [0.3, 0.4) is 0 Å². The number of nitro groups is 1. The first-order valence-electron chi connectivity index (χ1n) is 4.86. The molecular formula is C10H10F3NO4. The summed E-state index contributed by atoms with van der Waals surface area (Å²) < 4.78 is 41.2. The highest BCUT2D eigenvalue weighted by Gasteiger charge is 2.31. The van der Waals surface area contributed by atoms with E-state index in [4.69, 9.17) is 0 Å². The molecule has 0 saturated heterocycles. The third-order valence-corrected chi connectivity index (χ3v) is 1.99. The highest BCUT2D eigenvalue weighted by Crippen LogP contribution is 2.25. The van der Waals surface area contributed by atoms with E-state index in [0.717, 1.165) is 12.1 Å². The highest BCUT2D eigenvalue weighted by molar-refractivity contribution is 5.30. The zero-order valence-corrected chi connectivity index (χ0v) is 9.05. The molecule has 8 heteroatoms. The molecule has 0 amide bonds. The van der Waals surface area contributed by atoms with Gasteiger partial charge in [0, 0.05) is 4.92 Å². The molecule has 1 atom stereocenters. The quantitative estimate of drug-likeness (QED) is 0.630. The fraction of sp³-hybridized carbons (Fsp3) is 0.400. The van der Waals surface area contributed by atoms with Crippen LogP contribution in [-0.4, -0.2) is 29.4 Å². The SMILES string of the molecule is O=[N+]([O-])CC(O)c1cccc(OC(F)(F)CF)c1. The third kappa shape index (κ3) is 4.21. The summed E-state index contributed by atoms with van der Waals surface area (Å²) >= 11 is 0. The first kappa shape index (κ1) is 14.2. The van der Waals surface area contributed by atoms with Gasteiger partial charge in [-0.1, -0.05) is 12.1 Å². The smallest absolute Gasteiger partial charge is 0.427 e. The van der Waals surface area contributed by atoms with Crippen molar-refractivity contribution in [3.63, 3.8) is 0 Å². The van der Waals surface area contributed by atoms with Gasteiger partial charge in [-0.15, -0.1) is 0 Å². The van der Waals surface area contributed by atoms with Crippen molar-refractivity contribution in [2.75, 3.05) is 13.2 Å². The maximum absolute atomic E-state index is 12.6. The standard InChI is InChI=1S/C10H10F3NO4/c11-6-10(12,13)18-8-3-1-2-7(4-8)9(15)5-14(16)17/h1-4,9,15H,5-6H2. The molecule has 1 aromatic carbocycles.